The van der Waals surface area contributed by atoms with Gasteiger partial charge in [-0.15, -0.1) is 0 Å². The van der Waals surface area contributed by atoms with E-state index in [0.29, 0.717) is 0 Å². The van der Waals surface area contributed by atoms with E-state index in [1.807, 2.05) is 0 Å². The third-order valence-electron chi connectivity index (χ3n) is 4.17. The molecule has 0 atom stereocenters. The second-order valence-electron chi connectivity index (χ2n) is 5.20. The van der Waals surface area contributed by atoms with Crippen molar-refractivity contribution < 1.29 is 0 Å². The summed E-state index contributed by atoms with van der Waals surface area (Å²) in [5.41, 5.74) is 5.50. The fourth-order valence-corrected chi connectivity index (χ4v) is 3.64. The molecule has 0 N–H and O–H groups in total. The Hall–Kier alpha value is -1.86. The molecule has 0 unspecified atom stereocenters. The quantitative estimate of drug-likeness (QED) is 0.377. The molecule has 4 rings (SSSR count). The molecule has 0 saturated carbocycles. The van der Waals surface area contributed by atoms with Gasteiger partial charge in [-0.3, -0.25) is 0 Å². The highest BCUT2D eigenvalue weighted by molar-refractivity contribution is 7.08. The highest BCUT2D eigenvalue weighted by Gasteiger charge is 2.13. The van der Waals surface area contributed by atoms with Crippen LogP contribution in [-0.2, 0) is 0 Å². The molecule has 1 aliphatic carbocycles. The number of benzene rings is 2. The highest BCUT2D eigenvalue weighted by atomic mass is 32.1. The zero-order valence-electron chi connectivity index (χ0n) is 11.0. The van der Waals surface area contributed by atoms with Crippen molar-refractivity contribution in [3.05, 3.63) is 58.3 Å². The van der Waals surface area contributed by atoms with Gasteiger partial charge in [-0.2, -0.15) is 11.3 Å². The number of hydrogen-bond acceptors (Lipinski definition) is 1. The summed E-state index contributed by atoms with van der Waals surface area (Å²) in [7, 11) is 0. The van der Waals surface area contributed by atoms with E-state index in [9.17, 15) is 0 Å². The van der Waals surface area contributed by atoms with E-state index in [-0.39, 0.29) is 0 Å². The molecule has 1 aliphatic heterocycles. The van der Waals surface area contributed by atoms with Crippen LogP contribution in [0.4, 0.5) is 0 Å². The molecule has 0 saturated heterocycles. The molecule has 2 aliphatic rings. The summed E-state index contributed by atoms with van der Waals surface area (Å²) in [6.07, 6.45) is 0. The van der Waals surface area contributed by atoms with Gasteiger partial charge in [-0.05, 0) is 80.5 Å². The predicted molar refractivity (Wildman–Crippen MR) is 85.4 cm³/mol. The van der Waals surface area contributed by atoms with Crippen LogP contribution in [0.3, 0.4) is 0 Å². The largest absolute Gasteiger partial charge is 0.152 e. The van der Waals surface area contributed by atoms with Crippen molar-refractivity contribution in [1.29, 1.82) is 0 Å². The molecular formula is C18H14S. The second-order valence-corrected chi connectivity index (χ2v) is 5.98. The lowest BCUT2D eigenvalue weighted by atomic mass is 9.97. The third-order valence-corrected chi connectivity index (χ3v) is 4.85. The van der Waals surface area contributed by atoms with Crippen molar-refractivity contribution in [1.82, 2.24) is 0 Å². The average Bonchev–Trinajstić information content (AvgIpc) is 2.81. The Morgan fingerprint density at radius 2 is 1.74 bits per heavy atom. The highest BCUT2D eigenvalue weighted by Crippen LogP contribution is 2.39. The average molecular weight is 262 g/mol. The third kappa shape index (κ3) is 1.45. The van der Waals surface area contributed by atoms with E-state index < -0.39 is 0 Å². The van der Waals surface area contributed by atoms with Crippen LogP contribution in [0.1, 0.15) is 11.1 Å². The first-order chi connectivity index (χ1) is 9.25. The summed E-state index contributed by atoms with van der Waals surface area (Å²) in [5.74, 6) is 0. The van der Waals surface area contributed by atoms with Gasteiger partial charge < -0.3 is 0 Å². The molecule has 92 valence electrons. The first-order valence-electron chi connectivity index (χ1n) is 6.53. The molecule has 0 nitrogen and oxygen atoms in total. The molecule has 0 radical (unpaired) electrons. The van der Waals surface area contributed by atoms with Gasteiger partial charge in [-0.1, -0.05) is 24.3 Å². The number of aryl methyl sites for hydroxylation is 2. The Balaban J connectivity index is 2.31. The lowest BCUT2D eigenvalue weighted by Gasteiger charge is -2.07. The molecule has 0 fully saturated rings. The Morgan fingerprint density at radius 3 is 2.63 bits per heavy atom. The van der Waals surface area contributed by atoms with Gasteiger partial charge >= 0.3 is 0 Å². The molecule has 1 heterocycles. The maximum absolute atomic E-state index is 2.34. The zero-order valence-corrected chi connectivity index (χ0v) is 11.8. The summed E-state index contributed by atoms with van der Waals surface area (Å²) in [6, 6.07) is 13.5. The predicted octanol–water partition coefficient (Wildman–Crippen LogP) is 5.78. The number of hydrogen-bond donors (Lipinski definition) is 0. The van der Waals surface area contributed by atoms with Crippen molar-refractivity contribution in [2.75, 3.05) is 0 Å². The minimum absolute atomic E-state index is 1.34. The molecule has 2 aromatic carbocycles. The molecule has 1 heteroatoms. The van der Waals surface area contributed by atoms with E-state index in [1.54, 1.807) is 11.3 Å². The van der Waals surface area contributed by atoms with Gasteiger partial charge in [0.15, 0.2) is 0 Å². The van der Waals surface area contributed by atoms with Crippen LogP contribution in [0.5, 0.6) is 0 Å². The normalized spacial score (nSPS) is 11.7. The minimum Gasteiger partial charge on any atom is -0.152 e. The molecule has 0 bridgehead atoms. The van der Waals surface area contributed by atoms with Crippen LogP contribution in [0.15, 0.2) is 47.2 Å². The first kappa shape index (κ1) is 11.0. The Kier molecular flexibility index (Phi) is 2.21. The van der Waals surface area contributed by atoms with E-state index in [1.165, 1.54) is 43.8 Å². The van der Waals surface area contributed by atoms with Crippen molar-refractivity contribution in [2.24, 2.45) is 0 Å². The molecule has 0 aromatic heterocycles. The van der Waals surface area contributed by atoms with Gasteiger partial charge in [-0.25, -0.2) is 0 Å². The topological polar surface area (TPSA) is 0 Å². The summed E-state index contributed by atoms with van der Waals surface area (Å²) in [4.78, 5) is 0. The van der Waals surface area contributed by atoms with Crippen LogP contribution >= 0.6 is 11.3 Å². The first-order valence-corrected chi connectivity index (χ1v) is 7.47. The van der Waals surface area contributed by atoms with Gasteiger partial charge in [0.25, 0.3) is 0 Å². The minimum atomic E-state index is 1.34. The van der Waals surface area contributed by atoms with E-state index in [2.05, 4.69) is 61.0 Å². The fourth-order valence-electron chi connectivity index (χ4n) is 3.01. The zero-order chi connectivity index (χ0) is 13.0. The van der Waals surface area contributed by atoms with Gasteiger partial charge in [0.2, 0.25) is 0 Å². The van der Waals surface area contributed by atoms with Crippen LogP contribution in [-0.4, -0.2) is 0 Å². The van der Waals surface area contributed by atoms with Crippen molar-refractivity contribution >= 4 is 32.9 Å². The lowest BCUT2D eigenvalue weighted by molar-refractivity contribution is 1.39. The maximum Gasteiger partial charge on any atom is -0.00146 e. The molecular weight excluding hydrogens is 248 g/mol. The molecule has 0 spiro atoms. The van der Waals surface area contributed by atoms with Crippen molar-refractivity contribution in [3.63, 3.8) is 0 Å². The summed E-state index contributed by atoms with van der Waals surface area (Å²) < 4.78 is 0. The molecule has 2 aromatic rings. The van der Waals surface area contributed by atoms with Crippen LogP contribution in [0.2, 0.25) is 0 Å². The van der Waals surface area contributed by atoms with Crippen LogP contribution in [0, 0.1) is 13.8 Å². The van der Waals surface area contributed by atoms with E-state index in [4.69, 9.17) is 0 Å². The standard InChI is InChI=1S/C18H14S/c1-11-3-4-13-5-6-16-15-7-8-19-10-14(15)9-17(16)18(13)12(11)2/h3-10H,1-2H3. The van der Waals surface area contributed by atoms with E-state index >= 15 is 0 Å². The fraction of sp³-hybridized carbons (Fsp3) is 0.111. The Bertz CT molecular complexity index is 883. The van der Waals surface area contributed by atoms with Gasteiger partial charge in [0.1, 0.15) is 0 Å². The molecule has 0 amide bonds. The summed E-state index contributed by atoms with van der Waals surface area (Å²) in [6.45, 7) is 4.43. The van der Waals surface area contributed by atoms with Crippen LogP contribution < -0.4 is 0 Å². The van der Waals surface area contributed by atoms with E-state index in [0.717, 1.165) is 0 Å². The SMILES string of the molecule is Cc1ccc2ccc3c4ccscc-4cc3c2c1C. The summed E-state index contributed by atoms with van der Waals surface area (Å²) in [5, 5.41) is 9.94. The van der Waals surface area contributed by atoms with Gasteiger partial charge in [0.05, 0.1) is 0 Å². The monoisotopic (exact) mass is 262 g/mol. The summed E-state index contributed by atoms with van der Waals surface area (Å²) >= 11 is 1.76. The smallest absolute Gasteiger partial charge is 0.00146 e. The van der Waals surface area contributed by atoms with Crippen molar-refractivity contribution in [2.45, 2.75) is 13.8 Å². The number of rotatable bonds is 0. The Labute approximate surface area is 116 Å². The van der Waals surface area contributed by atoms with Crippen LogP contribution in [0.25, 0.3) is 32.7 Å². The second kappa shape index (κ2) is 3.82. The molecule has 19 heavy (non-hydrogen) atoms. The lowest BCUT2D eigenvalue weighted by Crippen LogP contribution is -1.84. The Morgan fingerprint density at radius 1 is 0.895 bits per heavy atom. The van der Waals surface area contributed by atoms with Gasteiger partial charge in [0, 0.05) is 0 Å². The van der Waals surface area contributed by atoms with Crippen molar-refractivity contribution in [3.8, 4) is 11.1 Å². The maximum atomic E-state index is 2.34. The number of fused-ring (bicyclic) bond motifs is 5.